The number of carbonyl (C=O) groups excluding carboxylic acids is 1. The van der Waals surface area contributed by atoms with E-state index in [2.05, 4.69) is 15.6 Å². The number of benzene rings is 2. The average molecular weight is 352 g/mol. The lowest BCUT2D eigenvalue weighted by atomic mass is 10.2. The van der Waals surface area contributed by atoms with Crippen LogP contribution in [0.5, 0.6) is 5.75 Å². The molecule has 0 saturated carbocycles. The summed E-state index contributed by atoms with van der Waals surface area (Å²) in [6, 6.07) is 14.9. The van der Waals surface area contributed by atoms with Crippen molar-refractivity contribution in [2.75, 3.05) is 18.5 Å². The summed E-state index contributed by atoms with van der Waals surface area (Å²) in [6.45, 7) is 1.44. The van der Waals surface area contributed by atoms with Crippen molar-refractivity contribution in [3.8, 4) is 5.75 Å². The van der Waals surface area contributed by atoms with Crippen molar-refractivity contribution in [1.82, 2.24) is 15.0 Å². The molecule has 1 aliphatic heterocycles. The maximum absolute atomic E-state index is 12.3. The lowest BCUT2D eigenvalue weighted by molar-refractivity contribution is -0.116. The second-order valence-electron chi connectivity index (χ2n) is 6.26. The Balaban J connectivity index is 1.37. The highest BCUT2D eigenvalue weighted by atomic mass is 16.5. The van der Waals surface area contributed by atoms with Crippen LogP contribution in [0, 0.1) is 0 Å². The van der Waals surface area contributed by atoms with Gasteiger partial charge < -0.3 is 14.8 Å². The second-order valence-corrected chi connectivity index (χ2v) is 6.26. The van der Waals surface area contributed by atoms with Crippen LogP contribution in [0.2, 0.25) is 0 Å². The fraction of sp³-hybridized carbons (Fsp3) is 0.316. The van der Waals surface area contributed by atoms with Crippen molar-refractivity contribution in [3.63, 3.8) is 0 Å². The van der Waals surface area contributed by atoms with Crippen LogP contribution >= 0.6 is 0 Å². The molecule has 1 aliphatic rings. The van der Waals surface area contributed by atoms with E-state index in [1.807, 2.05) is 48.5 Å². The highest BCUT2D eigenvalue weighted by molar-refractivity contribution is 5.91. The Kier molecular flexibility index (Phi) is 4.79. The van der Waals surface area contributed by atoms with Crippen molar-refractivity contribution < 1.29 is 14.3 Å². The molecule has 7 nitrogen and oxygen atoms in total. The second kappa shape index (κ2) is 7.53. The van der Waals surface area contributed by atoms with E-state index in [1.54, 1.807) is 4.68 Å². The van der Waals surface area contributed by atoms with Gasteiger partial charge in [-0.05, 0) is 37.1 Å². The Labute approximate surface area is 150 Å². The van der Waals surface area contributed by atoms with Crippen molar-refractivity contribution in [1.29, 1.82) is 0 Å². The summed E-state index contributed by atoms with van der Waals surface area (Å²) in [5.74, 6) is 0.543. The van der Waals surface area contributed by atoms with E-state index in [9.17, 15) is 4.79 Å². The third-order valence-electron chi connectivity index (χ3n) is 4.29. The van der Waals surface area contributed by atoms with E-state index in [0.29, 0.717) is 18.0 Å². The van der Waals surface area contributed by atoms with Crippen molar-refractivity contribution >= 4 is 22.6 Å². The first kappa shape index (κ1) is 16.5. The molecular weight excluding hydrogens is 332 g/mol. The number of carbonyl (C=O) groups is 1. The number of fused-ring (bicyclic) bond motifs is 1. The number of hydrogen-bond acceptors (Lipinski definition) is 5. The van der Waals surface area contributed by atoms with E-state index in [4.69, 9.17) is 9.47 Å². The Morgan fingerprint density at radius 3 is 3.08 bits per heavy atom. The predicted octanol–water partition coefficient (Wildman–Crippen LogP) is 2.63. The molecule has 0 bridgehead atoms. The molecule has 1 saturated heterocycles. The van der Waals surface area contributed by atoms with Gasteiger partial charge in [-0.1, -0.05) is 23.4 Å². The van der Waals surface area contributed by atoms with Gasteiger partial charge in [0.15, 0.2) is 0 Å². The molecule has 7 heteroatoms. The topological polar surface area (TPSA) is 78.3 Å². The molecule has 134 valence electrons. The monoisotopic (exact) mass is 352 g/mol. The van der Waals surface area contributed by atoms with Gasteiger partial charge >= 0.3 is 0 Å². The Hall–Kier alpha value is -2.93. The minimum atomic E-state index is -0.170. The van der Waals surface area contributed by atoms with Gasteiger partial charge in [-0.15, -0.1) is 5.10 Å². The Morgan fingerprint density at radius 1 is 1.27 bits per heavy atom. The first-order valence-electron chi connectivity index (χ1n) is 8.70. The maximum atomic E-state index is 12.3. The van der Waals surface area contributed by atoms with Crippen molar-refractivity contribution in [2.45, 2.75) is 25.5 Å². The Morgan fingerprint density at radius 2 is 2.19 bits per heavy atom. The van der Waals surface area contributed by atoms with E-state index >= 15 is 0 Å². The van der Waals surface area contributed by atoms with E-state index < -0.39 is 0 Å². The minimum Gasteiger partial charge on any atom is -0.491 e. The summed E-state index contributed by atoms with van der Waals surface area (Å²) in [5, 5.41) is 11.0. The number of rotatable bonds is 6. The normalized spacial score (nSPS) is 16.7. The molecule has 4 rings (SSSR count). The zero-order valence-corrected chi connectivity index (χ0v) is 14.3. The highest BCUT2D eigenvalue weighted by Gasteiger charge is 2.16. The predicted molar refractivity (Wildman–Crippen MR) is 97.1 cm³/mol. The number of amides is 1. The quantitative estimate of drug-likeness (QED) is 0.738. The van der Waals surface area contributed by atoms with Gasteiger partial charge in [-0.25, -0.2) is 4.68 Å². The molecule has 1 unspecified atom stereocenters. The number of hydrogen-bond donors (Lipinski definition) is 1. The number of aromatic nitrogens is 3. The molecule has 3 aromatic rings. The van der Waals surface area contributed by atoms with Crippen LogP contribution < -0.4 is 10.1 Å². The highest BCUT2D eigenvalue weighted by Crippen LogP contribution is 2.20. The zero-order chi connectivity index (χ0) is 17.8. The molecule has 1 N–H and O–H groups in total. The fourth-order valence-corrected chi connectivity index (χ4v) is 3.00. The number of nitrogens with zero attached hydrogens (tertiary/aromatic N) is 3. The molecule has 0 radical (unpaired) electrons. The zero-order valence-electron chi connectivity index (χ0n) is 14.3. The number of ether oxygens (including phenoxy) is 2. The molecule has 26 heavy (non-hydrogen) atoms. The van der Waals surface area contributed by atoms with Gasteiger partial charge in [-0.3, -0.25) is 4.79 Å². The third-order valence-corrected chi connectivity index (χ3v) is 4.29. The molecule has 2 heterocycles. The van der Waals surface area contributed by atoms with Crippen LogP contribution in [0.1, 0.15) is 12.8 Å². The SMILES string of the molecule is O=C(Cn1nnc2ccccc21)Nc1cccc(OCC2CCCO2)c1. The van der Waals surface area contributed by atoms with E-state index in [1.165, 1.54) is 0 Å². The lowest BCUT2D eigenvalue weighted by Gasteiger charge is -2.12. The molecule has 1 amide bonds. The van der Waals surface area contributed by atoms with E-state index in [0.717, 1.165) is 30.5 Å². The van der Waals surface area contributed by atoms with E-state index in [-0.39, 0.29) is 18.6 Å². The van der Waals surface area contributed by atoms with Gasteiger partial charge in [0.2, 0.25) is 5.91 Å². The summed E-state index contributed by atoms with van der Waals surface area (Å²) >= 11 is 0. The van der Waals surface area contributed by atoms with Crippen LogP contribution in [-0.2, 0) is 16.1 Å². The van der Waals surface area contributed by atoms with Crippen molar-refractivity contribution in [3.05, 3.63) is 48.5 Å². The number of para-hydroxylation sites is 1. The molecule has 0 spiro atoms. The van der Waals surface area contributed by atoms with Gasteiger partial charge in [0.1, 0.15) is 24.4 Å². The van der Waals surface area contributed by atoms with Crippen LogP contribution in [0.4, 0.5) is 5.69 Å². The Bertz CT molecular complexity index is 902. The summed E-state index contributed by atoms with van der Waals surface area (Å²) in [7, 11) is 0. The largest absolute Gasteiger partial charge is 0.491 e. The fourth-order valence-electron chi connectivity index (χ4n) is 3.00. The summed E-state index contributed by atoms with van der Waals surface area (Å²) < 4.78 is 12.9. The van der Waals surface area contributed by atoms with Crippen LogP contribution in [0.15, 0.2) is 48.5 Å². The first-order chi connectivity index (χ1) is 12.8. The van der Waals surface area contributed by atoms with Crippen LogP contribution in [-0.4, -0.2) is 40.2 Å². The molecule has 2 aromatic carbocycles. The molecule has 1 aromatic heterocycles. The standard InChI is InChI=1S/C19H20N4O3/c24-19(12-23-18-9-2-1-8-17(18)21-22-23)20-14-5-3-6-15(11-14)26-13-16-7-4-10-25-16/h1-3,5-6,8-9,11,16H,4,7,10,12-13H2,(H,20,24). The molecule has 1 fully saturated rings. The van der Waals surface area contributed by atoms with Crippen LogP contribution in [0.25, 0.3) is 11.0 Å². The summed E-state index contributed by atoms with van der Waals surface area (Å²) in [5.41, 5.74) is 2.28. The van der Waals surface area contributed by atoms with Crippen molar-refractivity contribution in [2.24, 2.45) is 0 Å². The van der Waals surface area contributed by atoms with Gasteiger partial charge in [0.25, 0.3) is 0 Å². The summed E-state index contributed by atoms with van der Waals surface area (Å²) in [6.07, 6.45) is 2.28. The first-order valence-corrected chi connectivity index (χ1v) is 8.70. The molecular formula is C19H20N4O3. The minimum absolute atomic E-state index is 0.0987. The lowest BCUT2D eigenvalue weighted by Crippen LogP contribution is -2.19. The van der Waals surface area contributed by atoms with Gasteiger partial charge in [0, 0.05) is 18.4 Å². The van der Waals surface area contributed by atoms with Gasteiger partial charge in [0.05, 0.1) is 11.6 Å². The average Bonchev–Trinajstić information content (AvgIpc) is 3.31. The third kappa shape index (κ3) is 3.83. The molecule has 0 aliphatic carbocycles. The van der Waals surface area contributed by atoms with Gasteiger partial charge in [-0.2, -0.15) is 0 Å². The number of nitrogens with one attached hydrogen (secondary N) is 1. The summed E-state index contributed by atoms with van der Waals surface area (Å²) in [4.78, 5) is 12.3. The smallest absolute Gasteiger partial charge is 0.246 e. The van der Waals surface area contributed by atoms with Crippen LogP contribution in [0.3, 0.4) is 0 Å². The molecule has 1 atom stereocenters. The maximum Gasteiger partial charge on any atom is 0.246 e. The number of anilines is 1.